The fraction of sp³-hybridized carbons (Fsp3) is 0.417. The molecule has 2 amide bonds. The molecule has 0 aromatic heterocycles. The van der Waals surface area contributed by atoms with Crippen molar-refractivity contribution in [1.82, 2.24) is 4.90 Å². The molecule has 0 saturated heterocycles. The third-order valence-corrected chi connectivity index (χ3v) is 5.51. The van der Waals surface area contributed by atoms with E-state index in [4.69, 9.17) is 5.73 Å². The number of carbonyl (C=O) groups excluding carboxylic acids is 2. The number of nitrogens with one attached hydrogen (secondary N) is 1. The molecule has 1 fully saturated rings. The van der Waals surface area contributed by atoms with Crippen LogP contribution in [-0.4, -0.2) is 29.8 Å². The van der Waals surface area contributed by atoms with Crippen LogP contribution >= 0.6 is 0 Å². The van der Waals surface area contributed by atoms with Gasteiger partial charge in [-0.3, -0.25) is 9.59 Å². The van der Waals surface area contributed by atoms with Crippen LogP contribution in [0.15, 0.2) is 54.6 Å². The van der Waals surface area contributed by atoms with Crippen molar-refractivity contribution >= 4 is 17.5 Å². The highest BCUT2D eigenvalue weighted by atomic mass is 16.2. The summed E-state index contributed by atoms with van der Waals surface area (Å²) in [6.45, 7) is 1.68. The molecule has 2 aromatic rings. The maximum absolute atomic E-state index is 12.9. The first-order valence-corrected chi connectivity index (χ1v) is 10.6. The molecular formula is C24H31N3O2. The van der Waals surface area contributed by atoms with Gasteiger partial charge in [-0.1, -0.05) is 49.6 Å². The lowest BCUT2D eigenvalue weighted by Gasteiger charge is -2.23. The molecule has 3 N–H and O–H groups in total. The van der Waals surface area contributed by atoms with Crippen LogP contribution in [0.3, 0.4) is 0 Å². The number of rotatable bonds is 8. The molecule has 3 rings (SSSR count). The fourth-order valence-corrected chi connectivity index (χ4v) is 3.82. The van der Waals surface area contributed by atoms with Crippen LogP contribution in [-0.2, 0) is 11.3 Å². The van der Waals surface area contributed by atoms with Crippen molar-refractivity contribution in [3.63, 3.8) is 0 Å². The lowest BCUT2D eigenvalue weighted by molar-refractivity contribution is -0.120. The van der Waals surface area contributed by atoms with Crippen LogP contribution < -0.4 is 11.1 Å². The van der Waals surface area contributed by atoms with Gasteiger partial charge < -0.3 is 16.0 Å². The van der Waals surface area contributed by atoms with Gasteiger partial charge in [0.25, 0.3) is 5.91 Å². The molecule has 0 radical (unpaired) electrons. The quantitative estimate of drug-likeness (QED) is 0.706. The zero-order valence-electron chi connectivity index (χ0n) is 17.0. The molecule has 1 saturated carbocycles. The number of benzene rings is 2. The second kappa shape index (κ2) is 10.8. The molecule has 0 heterocycles. The minimum Gasteiger partial charge on any atom is -0.334 e. The highest BCUT2D eigenvalue weighted by Gasteiger charge is 2.21. The van der Waals surface area contributed by atoms with E-state index in [1.54, 1.807) is 0 Å². The predicted octanol–water partition coefficient (Wildman–Crippen LogP) is 4.20. The Labute approximate surface area is 173 Å². The Hall–Kier alpha value is -2.66. The zero-order chi connectivity index (χ0) is 20.5. The summed E-state index contributed by atoms with van der Waals surface area (Å²) >= 11 is 0. The van der Waals surface area contributed by atoms with Gasteiger partial charge in [0.1, 0.15) is 0 Å². The Bertz CT molecular complexity index is 784. The summed E-state index contributed by atoms with van der Waals surface area (Å²) in [4.78, 5) is 27.1. The van der Waals surface area contributed by atoms with Crippen molar-refractivity contribution in [2.24, 2.45) is 11.7 Å². The largest absolute Gasteiger partial charge is 0.334 e. The number of nitrogens with zero attached hydrogens (tertiary/aromatic N) is 1. The van der Waals surface area contributed by atoms with E-state index in [2.05, 4.69) is 5.32 Å². The Morgan fingerprint density at radius 2 is 1.66 bits per heavy atom. The van der Waals surface area contributed by atoms with Gasteiger partial charge in [0.15, 0.2) is 0 Å². The molecule has 0 atom stereocenters. The summed E-state index contributed by atoms with van der Waals surface area (Å²) in [6.07, 6.45) is 6.26. The standard InChI is InChI=1S/C24H31N3O2/c25-16-7-17-27(24(29)21-10-5-2-6-11-21)18-19-12-14-22(15-13-19)26-23(28)20-8-3-1-4-9-20/h2,5-6,10-15,20H,1,3-4,7-9,16-18,25H2,(H,26,28). The van der Waals surface area contributed by atoms with Crippen LogP contribution in [0.1, 0.15) is 54.4 Å². The molecule has 2 aromatic carbocycles. The van der Waals surface area contributed by atoms with Gasteiger partial charge in [-0.25, -0.2) is 0 Å². The maximum atomic E-state index is 12.9. The third-order valence-electron chi connectivity index (χ3n) is 5.51. The Morgan fingerprint density at radius 1 is 0.966 bits per heavy atom. The lowest BCUT2D eigenvalue weighted by atomic mass is 9.88. The summed E-state index contributed by atoms with van der Waals surface area (Å²) < 4.78 is 0. The summed E-state index contributed by atoms with van der Waals surface area (Å²) in [7, 11) is 0. The number of anilines is 1. The minimum atomic E-state index is 0.00808. The van der Waals surface area contributed by atoms with Crippen molar-refractivity contribution < 1.29 is 9.59 Å². The number of hydrogen-bond donors (Lipinski definition) is 2. The Kier molecular flexibility index (Phi) is 7.82. The van der Waals surface area contributed by atoms with Gasteiger partial charge in [0.2, 0.25) is 5.91 Å². The minimum absolute atomic E-state index is 0.00808. The second-order valence-electron chi connectivity index (χ2n) is 7.76. The van der Waals surface area contributed by atoms with Crippen LogP contribution in [0.4, 0.5) is 5.69 Å². The molecule has 5 heteroatoms. The molecule has 29 heavy (non-hydrogen) atoms. The van der Waals surface area contributed by atoms with E-state index in [0.717, 1.165) is 43.4 Å². The average Bonchev–Trinajstić information content (AvgIpc) is 2.78. The number of nitrogens with two attached hydrogens (primary N) is 1. The smallest absolute Gasteiger partial charge is 0.254 e. The molecule has 1 aliphatic rings. The highest BCUT2D eigenvalue weighted by molar-refractivity contribution is 5.94. The van der Waals surface area contributed by atoms with Gasteiger partial charge in [0, 0.05) is 30.3 Å². The average molecular weight is 394 g/mol. The number of hydrogen-bond acceptors (Lipinski definition) is 3. The van der Waals surface area contributed by atoms with Gasteiger partial charge >= 0.3 is 0 Å². The zero-order valence-corrected chi connectivity index (χ0v) is 17.0. The molecule has 1 aliphatic carbocycles. The first-order chi connectivity index (χ1) is 14.2. The first-order valence-electron chi connectivity index (χ1n) is 10.6. The van der Waals surface area contributed by atoms with E-state index >= 15 is 0 Å². The van der Waals surface area contributed by atoms with Gasteiger partial charge in [-0.05, 0) is 55.6 Å². The van der Waals surface area contributed by atoms with E-state index in [1.165, 1.54) is 6.42 Å². The molecular weight excluding hydrogens is 362 g/mol. The van der Waals surface area contributed by atoms with E-state index in [1.807, 2.05) is 59.5 Å². The Morgan fingerprint density at radius 3 is 2.31 bits per heavy atom. The summed E-state index contributed by atoms with van der Waals surface area (Å²) in [5.41, 5.74) is 8.18. The fourth-order valence-electron chi connectivity index (χ4n) is 3.82. The van der Waals surface area contributed by atoms with Crippen LogP contribution in [0.5, 0.6) is 0 Å². The molecule has 0 unspecified atom stereocenters. The van der Waals surface area contributed by atoms with Crippen molar-refractivity contribution in [2.75, 3.05) is 18.4 Å². The van der Waals surface area contributed by atoms with E-state index in [-0.39, 0.29) is 17.7 Å². The SMILES string of the molecule is NCCCN(Cc1ccc(NC(=O)C2CCCCC2)cc1)C(=O)c1ccccc1. The molecule has 154 valence electrons. The molecule has 0 spiro atoms. The summed E-state index contributed by atoms with van der Waals surface area (Å²) in [5, 5.41) is 3.04. The van der Waals surface area contributed by atoms with E-state index < -0.39 is 0 Å². The normalized spacial score (nSPS) is 14.4. The van der Waals surface area contributed by atoms with Crippen molar-refractivity contribution in [3.8, 4) is 0 Å². The van der Waals surface area contributed by atoms with Crippen LogP contribution in [0, 0.1) is 5.92 Å². The summed E-state index contributed by atoms with van der Waals surface area (Å²) in [6, 6.07) is 17.1. The van der Waals surface area contributed by atoms with Gasteiger partial charge in [0.05, 0.1) is 0 Å². The lowest BCUT2D eigenvalue weighted by Crippen LogP contribution is -2.32. The van der Waals surface area contributed by atoms with Crippen molar-refractivity contribution in [1.29, 1.82) is 0 Å². The number of amides is 2. The topological polar surface area (TPSA) is 75.4 Å². The maximum Gasteiger partial charge on any atom is 0.254 e. The molecule has 0 bridgehead atoms. The van der Waals surface area contributed by atoms with E-state index in [9.17, 15) is 9.59 Å². The first kappa shape index (κ1) is 21.1. The molecule has 0 aliphatic heterocycles. The monoisotopic (exact) mass is 393 g/mol. The van der Waals surface area contributed by atoms with Crippen LogP contribution in [0.2, 0.25) is 0 Å². The van der Waals surface area contributed by atoms with Crippen molar-refractivity contribution in [2.45, 2.75) is 45.1 Å². The second-order valence-corrected chi connectivity index (χ2v) is 7.76. The third kappa shape index (κ3) is 6.16. The van der Waals surface area contributed by atoms with E-state index in [0.29, 0.717) is 25.2 Å². The van der Waals surface area contributed by atoms with Gasteiger partial charge in [-0.2, -0.15) is 0 Å². The molecule has 5 nitrogen and oxygen atoms in total. The predicted molar refractivity (Wildman–Crippen MR) is 117 cm³/mol. The number of carbonyl (C=O) groups is 2. The van der Waals surface area contributed by atoms with Crippen molar-refractivity contribution in [3.05, 3.63) is 65.7 Å². The van der Waals surface area contributed by atoms with Gasteiger partial charge in [-0.15, -0.1) is 0 Å². The van der Waals surface area contributed by atoms with Crippen LogP contribution in [0.25, 0.3) is 0 Å². The summed E-state index contributed by atoms with van der Waals surface area (Å²) in [5.74, 6) is 0.272. The Balaban J connectivity index is 1.62. The highest BCUT2D eigenvalue weighted by Crippen LogP contribution is 2.25.